The smallest absolute Gasteiger partial charge is 0.252 e. The number of ether oxygens (including phenoxy) is 1. The summed E-state index contributed by atoms with van der Waals surface area (Å²) >= 11 is 0. The van der Waals surface area contributed by atoms with Crippen LogP contribution in [0.2, 0.25) is 0 Å². The number of methoxy groups -OCH3 is 1. The number of primary amides is 1. The number of nitrogens with two attached hydrogens (primary N) is 1. The van der Waals surface area contributed by atoms with Crippen LogP contribution in [0.15, 0.2) is 12.1 Å². The summed E-state index contributed by atoms with van der Waals surface area (Å²) in [4.78, 5) is 11.0. The van der Waals surface area contributed by atoms with E-state index in [4.69, 9.17) is 15.7 Å². The lowest BCUT2D eigenvalue weighted by Crippen LogP contribution is -2.13. The average Bonchev–Trinajstić information content (AvgIpc) is 2.16. The molecule has 0 radical (unpaired) electrons. The number of hydrogen-bond donors (Lipinski definition) is 1. The summed E-state index contributed by atoms with van der Waals surface area (Å²) in [7, 11) is 1.46. The normalized spacial score (nSPS) is 9.21. The monoisotopic (exact) mass is 190 g/mol. The number of nitriles is 1. The van der Waals surface area contributed by atoms with Crippen molar-refractivity contribution in [3.63, 3.8) is 0 Å². The number of rotatable bonds is 2. The SMILES string of the molecule is COc1c(C)cc(C#N)cc1C(N)=O. The zero-order valence-electron chi connectivity index (χ0n) is 8.00. The van der Waals surface area contributed by atoms with Crippen LogP contribution >= 0.6 is 0 Å². The molecule has 4 heteroatoms. The van der Waals surface area contributed by atoms with E-state index in [-0.39, 0.29) is 5.56 Å². The van der Waals surface area contributed by atoms with Crippen molar-refractivity contribution in [3.8, 4) is 11.8 Å². The second kappa shape index (κ2) is 3.79. The second-order valence-corrected chi connectivity index (χ2v) is 2.85. The molecule has 0 fully saturated rings. The first kappa shape index (κ1) is 10.1. The fraction of sp³-hybridized carbons (Fsp3) is 0.200. The molecule has 1 aromatic carbocycles. The Morgan fingerprint density at radius 2 is 2.21 bits per heavy atom. The second-order valence-electron chi connectivity index (χ2n) is 2.85. The minimum absolute atomic E-state index is 0.240. The summed E-state index contributed by atoms with van der Waals surface area (Å²) in [5, 5.41) is 8.69. The van der Waals surface area contributed by atoms with Crippen molar-refractivity contribution in [2.45, 2.75) is 6.92 Å². The summed E-state index contributed by atoms with van der Waals surface area (Å²) in [6, 6.07) is 5.02. The molecule has 0 unspecified atom stereocenters. The Labute approximate surface area is 81.9 Å². The van der Waals surface area contributed by atoms with E-state index < -0.39 is 5.91 Å². The maximum absolute atomic E-state index is 11.0. The van der Waals surface area contributed by atoms with Gasteiger partial charge in [0.25, 0.3) is 5.91 Å². The molecule has 1 rings (SSSR count). The number of aryl methyl sites for hydroxylation is 1. The Hall–Kier alpha value is -2.02. The maximum Gasteiger partial charge on any atom is 0.252 e. The van der Waals surface area contributed by atoms with Gasteiger partial charge in [0.05, 0.1) is 24.3 Å². The van der Waals surface area contributed by atoms with Crippen LogP contribution in [-0.4, -0.2) is 13.0 Å². The summed E-state index contributed by atoms with van der Waals surface area (Å²) in [5.41, 5.74) is 6.52. The molecule has 0 saturated carbocycles. The van der Waals surface area contributed by atoms with Gasteiger partial charge in [0, 0.05) is 0 Å². The Bertz CT molecular complexity index is 419. The fourth-order valence-corrected chi connectivity index (χ4v) is 1.29. The molecule has 4 nitrogen and oxygen atoms in total. The van der Waals surface area contributed by atoms with Crippen LogP contribution in [0.25, 0.3) is 0 Å². The molecule has 0 aromatic heterocycles. The Kier molecular flexibility index (Phi) is 2.73. The minimum Gasteiger partial charge on any atom is -0.496 e. The third-order valence-corrected chi connectivity index (χ3v) is 1.87. The van der Waals surface area contributed by atoms with Crippen molar-refractivity contribution < 1.29 is 9.53 Å². The molecule has 0 spiro atoms. The molecular formula is C10H10N2O2. The van der Waals surface area contributed by atoms with Crippen LogP contribution in [0, 0.1) is 18.3 Å². The van der Waals surface area contributed by atoms with Gasteiger partial charge in [-0.25, -0.2) is 0 Å². The molecule has 0 aliphatic heterocycles. The van der Waals surface area contributed by atoms with Crippen LogP contribution in [-0.2, 0) is 0 Å². The van der Waals surface area contributed by atoms with Crippen molar-refractivity contribution in [3.05, 3.63) is 28.8 Å². The standard InChI is InChI=1S/C10H10N2O2/c1-6-3-7(5-11)4-8(10(12)13)9(6)14-2/h3-4H,1-2H3,(H2,12,13). The molecule has 0 heterocycles. The first-order valence-corrected chi connectivity index (χ1v) is 3.98. The Morgan fingerprint density at radius 3 is 2.64 bits per heavy atom. The van der Waals surface area contributed by atoms with Crippen LogP contribution in [0.4, 0.5) is 0 Å². The van der Waals surface area contributed by atoms with Gasteiger partial charge >= 0.3 is 0 Å². The van der Waals surface area contributed by atoms with E-state index in [1.807, 2.05) is 6.07 Å². The third kappa shape index (κ3) is 1.67. The van der Waals surface area contributed by atoms with Crippen molar-refractivity contribution in [1.29, 1.82) is 5.26 Å². The zero-order chi connectivity index (χ0) is 10.7. The van der Waals surface area contributed by atoms with Crippen molar-refractivity contribution in [2.75, 3.05) is 7.11 Å². The summed E-state index contributed by atoms with van der Waals surface area (Å²) in [6.45, 7) is 1.76. The molecular weight excluding hydrogens is 180 g/mol. The largest absolute Gasteiger partial charge is 0.496 e. The molecule has 0 saturated heterocycles. The Balaban J connectivity index is 3.45. The van der Waals surface area contributed by atoms with Crippen LogP contribution in [0.3, 0.4) is 0 Å². The van der Waals surface area contributed by atoms with Gasteiger partial charge in [0.1, 0.15) is 5.75 Å². The first-order valence-electron chi connectivity index (χ1n) is 3.98. The lowest BCUT2D eigenvalue weighted by Gasteiger charge is -2.08. The maximum atomic E-state index is 11.0. The van der Waals surface area contributed by atoms with Gasteiger partial charge in [0.15, 0.2) is 0 Å². The number of benzene rings is 1. The van der Waals surface area contributed by atoms with Crippen LogP contribution in [0.5, 0.6) is 5.75 Å². The Morgan fingerprint density at radius 1 is 1.57 bits per heavy atom. The molecule has 14 heavy (non-hydrogen) atoms. The zero-order valence-corrected chi connectivity index (χ0v) is 8.00. The van der Waals surface area contributed by atoms with Gasteiger partial charge in [-0.05, 0) is 24.6 Å². The van der Waals surface area contributed by atoms with E-state index in [2.05, 4.69) is 0 Å². The highest BCUT2D eigenvalue weighted by molar-refractivity contribution is 5.96. The number of amides is 1. The average molecular weight is 190 g/mol. The van der Waals surface area contributed by atoms with Crippen molar-refractivity contribution in [2.24, 2.45) is 5.73 Å². The molecule has 0 aliphatic carbocycles. The lowest BCUT2D eigenvalue weighted by molar-refractivity contribution is 0.0997. The molecule has 0 aliphatic rings. The predicted octanol–water partition coefficient (Wildman–Crippen LogP) is 0.974. The summed E-state index contributed by atoms with van der Waals surface area (Å²) in [5.74, 6) is -0.168. The van der Waals surface area contributed by atoms with Crippen molar-refractivity contribution in [1.82, 2.24) is 0 Å². The first-order chi connectivity index (χ1) is 6.60. The number of carbonyl (C=O) groups is 1. The predicted molar refractivity (Wildman–Crippen MR) is 51.0 cm³/mol. The molecule has 72 valence electrons. The van der Waals surface area contributed by atoms with E-state index >= 15 is 0 Å². The fourth-order valence-electron chi connectivity index (χ4n) is 1.29. The van der Waals surface area contributed by atoms with E-state index in [1.165, 1.54) is 13.2 Å². The highest BCUT2D eigenvalue weighted by atomic mass is 16.5. The molecule has 0 bridgehead atoms. The van der Waals surface area contributed by atoms with Gasteiger partial charge in [-0.1, -0.05) is 0 Å². The quantitative estimate of drug-likeness (QED) is 0.755. The van der Waals surface area contributed by atoms with E-state index in [0.717, 1.165) is 5.56 Å². The molecule has 1 amide bonds. The lowest BCUT2D eigenvalue weighted by atomic mass is 10.1. The summed E-state index contributed by atoms with van der Waals surface area (Å²) < 4.78 is 5.03. The van der Waals surface area contributed by atoms with Gasteiger partial charge < -0.3 is 10.5 Å². The van der Waals surface area contributed by atoms with Gasteiger partial charge in [-0.3, -0.25) is 4.79 Å². The van der Waals surface area contributed by atoms with Gasteiger partial charge in [0.2, 0.25) is 0 Å². The molecule has 0 atom stereocenters. The van der Waals surface area contributed by atoms with Gasteiger partial charge in [-0.15, -0.1) is 0 Å². The number of nitrogens with zero attached hydrogens (tertiary/aromatic N) is 1. The third-order valence-electron chi connectivity index (χ3n) is 1.87. The van der Waals surface area contributed by atoms with E-state index in [1.54, 1.807) is 13.0 Å². The molecule has 1 aromatic rings. The highest BCUT2D eigenvalue weighted by Crippen LogP contribution is 2.24. The van der Waals surface area contributed by atoms with Crippen LogP contribution < -0.4 is 10.5 Å². The number of hydrogen-bond acceptors (Lipinski definition) is 3. The van der Waals surface area contributed by atoms with E-state index in [0.29, 0.717) is 11.3 Å². The highest BCUT2D eigenvalue weighted by Gasteiger charge is 2.12. The van der Waals surface area contributed by atoms with Crippen LogP contribution in [0.1, 0.15) is 21.5 Å². The topological polar surface area (TPSA) is 76.1 Å². The van der Waals surface area contributed by atoms with Crippen molar-refractivity contribution >= 4 is 5.91 Å². The number of carbonyl (C=O) groups excluding carboxylic acids is 1. The molecule has 2 N–H and O–H groups in total. The van der Waals surface area contributed by atoms with E-state index in [9.17, 15) is 4.79 Å². The van der Waals surface area contributed by atoms with Gasteiger partial charge in [-0.2, -0.15) is 5.26 Å². The summed E-state index contributed by atoms with van der Waals surface area (Å²) in [6.07, 6.45) is 0. The minimum atomic E-state index is -0.595.